The van der Waals surface area contributed by atoms with Gasteiger partial charge in [0, 0.05) is 23.8 Å². The summed E-state index contributed by atoms with van der Waals surface area (Å²) in [6.45, 7) is 2.69. The third-order valence-corrected chi connectivity index (χ3v) is 5.91. The van der Waals surface area contributed by atoms with Gasteiger partial charge in [0.15, 0.2) is 0 Å². The van der Waals surface area contributed by atoms with E-state index >= 15 is 0 Å². The van der Waals surface area contributed by atoms with E-state index in [0.29, 0.717) is 6.54 Å². The first-order valence-corrected chi connectivity index (χ1v) is 8.86. The smallest absolute Gasteiger partial charge is 0.227 e. The van der Waals surface area contributed by atoms with E-state index < -0.39 is 0 Å². The second kappa shape index (κ2) is 6.01. The molecule has 1 saturated carbocycles. The van der Waals surface area contributed by atoms with Gasteiger partial charge in [0.05, 0.1) is 5.92 Å². The van der Waals surface area contributed by atoms with Crippen molar-refractivity contribution >= 4 is 27.3 Å². The van der Waals surface area contributed by atoms with Crippen LogP contribution in [0.15, 0.2) is 29.6 Å². The largest absolute Gasteiger partial charge is 0.341 e. The van der Waals surface area contributed by atoms with Gasteiger partial charge < -0.3 is 10.6 Å². The zero-order valence-corrected chi connectivity index (χ0v) is 14.2. The van der Waals surface area contributed by atoms with Crippen molar-refractivity contribution in [2.75, 3.05) is 7.05 Å². The quantitative estimate of drug-likeness (QED) is 0.937. The molecule has 0 bridgehead atoms. The highest BCUT2D eigenvalue weighted by atomic mass is 32.1. The van der Waals surface area contributed by atoms with Crippen molar-refractivity contribution in [1.82, 2.24) is 4.90 Å². The number of fused-ring (bicyclic) bond motifs is 1. The predicted octanol–water partition coefficient (Wildman–Crippen LogP) is 3.77. The molecule has 118 valence electrons. The normalized spacial score (nSPS) is 25.3. The summed E-state index contributed by atoms with van der Waals surface area (Å²) in [5.74, 6) is 0.149. The first-order chi connectivity index (χ1) is 10.5. The molecule has 1 fully saturated rings. The van der Waals surface area contributed by atoms with Gasteiger partial charge in [0.1, 0.15) is 0 Å². The molecule has 0 spiro atoms. The van der Waals surface area contributed by atoms with Gasteiger partial charge in [-0.05, 0) is 42.2 Å². The second-order valence-corrected chi connectivity index (χ2v) is 7.67. The van der Waals surface area contributed by atoms with E-state index in [4.69, 9.17) is 5.73 Å². The topological polar surface area (TPSA) is 46.3 Å². The minimum atomic E-state index is -0.361. The molecule has 3 nitrogen and oxygen atoms in total. The molecular weight excluding hydrogens is 292 g/mol. The lowest BCUT2D eigenvalue weighted by molar-refractivity contribution is -0.138. The summed E-state index contributed by atoms with van der Waals surface area (Å²) < 4.78 is 1.28. The molecule has 0 saturated heterocycles. The van der Waals surface area contributed by atoms with Crippen LogP contribution in [-0.4, -0.2) is 23.4 Å². The van der Waals surface area contributed by atoms with E-state index in [0.717, 1.165) is 25.7 Å². The van der Waals surface area contributed by atoms with E-state index in [1.807, 2.05) is 18.9 Å². The van der Waals surface area contributed by atoms with Crippen molar-refractivity contribution in [2.45, 2.75) is 44.7 Å². The molecule has 4 heteroatoms. The highest BCUT2D eigenvalue weighted by Gasteiger charge is 2.39. The van der Waals surface area contributed by atoms with Gasteiger partial charge in [-0.3, -0.25) is 4.79 Å². The maximum absolute atomic E-state index is 12.8. The molecule has 22 heavy (non-hydrogen) atoms. The summed E-state index contributed by atoms with van der Waals surface area (Å²) in [6.07, 6.45) is 4.10. The predicted molar refractivity (Wildman–Crippen MR) is 92.8 cm³/mol. The fraction of sp³-hybridized carbons (Fsp3) is 0.500. The zero-order chi connectivity index (χ0) is 15.7. The van der Waals surface area contributed by atoms with Crippen molar-refractivity contribution in [1.29, 1.82) is 0 Å². The summed E-state index contributed by atoms with van der Waals surface area (Å²) in [6, 6.07) is 8.37. The molecule has 2 atom stereocenters. The lowest BCUT2D eigenvalue weighted by atomic mass is 9.74. The molecule has 1 aliphatic carbocycles. The number of nitrogens with two attached hydrogens (primary N) is 1. The van der Waals surface area contributed by atoms with Gasteiger partial charge in [-0.25, -0.2) is 0 Å². The first-order valence-electron chi connectivity index (χ1n) is 7.98. The average Bonchev–Trinajstić information content (AvgIpc) is 2.89. The van der Waals surface area contributed by atoms with E-state index in [1.165, 1.54) is 15.6 Å². The fourth-order valence-electron chi connectivity index (χ4n) is 3.52. The second-order valence-electron chi connectivity index (χ2n) is 6.76. The number of thiophene rings is 1. The monoisotopic (exact) mass is 316 g/mol. The van der Waals surface area contributed by atoms with Gasteiger partial charge in [-0.15, -0.1) is 11.3 Å². The lowest BCUT2D eigenvalue weighted by Gasteiger charge is -2.39. The van der Waals surface area contributed by atoms with Crippen molar-refractivity contribution in [2.24, 2.45) is 11.7 Å². The van der Waals surface area contributed by atoms with E-state index in [9.17, 15) is 4.79 Å². The van der Waals surface area contributed by atoms with Crippen LogP contribution in [0.4, 0.5) is 0 Å². The Balaban J connectivity index is 1.76. The molecule has 1 aromatic carbocycles. The number of carbonyl (C=O) groups is 1. The molecule has 1 aliphatic rings. The maximum atomic E-state index is 12.8. The maximum Gasteiger partial charge on any atom is 0.227 e. The number of hydrogen-bond acceptors (Lipinski definition) is 3. The third kappa shape index (κ3) is 2.90. The molecule has 1 heterocycles. The Labute approximate surface area is 136 Å². The highest BCUT2D eigenvalue weighted by molar-refractivity contribution is 7.17. The number of hydrogen-bond donors (Lipinski definition) is 1. The average molecular weight is 316 g/mol. The minimum Gasteiger partial charge on any atom is -0.341 e. The summed E-state index contributed by atoms with van der Waals surface area (Å²) in [7, 11) is 1.90. The number of nitrogens with zero attached hydrogens (tertiary/aromatic N) is 1. The number of benzene rings is 1. The van der Waals surface area contributed by atoms with Gasteiger partial charge in [-0.2, -0.15) is 0 Å². The van der Waals surface area contributed by atoms with Crippen LogP contribution >= 0.6 is 11.3 Å². The molecule has 2 unspecified atom stereocenters. The molecule has 0 radical (unpaired) electrons. The molecule has 0 aliphatic heterocycles. The zero-order valence-electron chi connectivity index (χ0n) is 13.3. The third-order valence-electron chi connectivity index (χ3n) is 4.90. The molecular formula is C18H24N2OS. The van der Waals surface area contributed by atoms with Crippen LogP contribution in [0.3, 0.4) is 0 Å². The van der Waals surface area contributed by atoms with Crippen molar-refractivity contribution in [3.8, 4) is 0 Å². The van der Waals surface area contributed by atoms with Gasteiger partial charge in [0.25, 0.3) is 0 Å². The molecule has 1 amide bonds. The SMILES string of the molecule is CN(Cc1csc2ccccc12)C(=O)C1CCCCC1(C)N. The Kier molecular flexibility index (Phi) is 4.24. The van der Waals surface area contributed by atoms with Crippen molar-refractivity contribution in [3.63, 3.8) is 0 Å². The number of rotatable bonds is 3. The molecule has 3 rings (SSSR count). The summed E-state index contributed by atoms with van der Waals surface area (Å²) in [5, 5.41) is 3.42. The van der Waals surface area contributed by atoms with E-state index in [2.05, 4.69) is 29.6 Å². The van der Waals surface area contributed by atoms with Crippen LogP contribution in [0.1, 0.15) is 38.2 Å². The fourth-order valence-corrected chi connectivity index (χ4v) is 4.47. The van der Waals surface area contributed by atoms with Gasteiger partial charge in [-0.1, -0.05) is 31.0 Å². The lowest BCUT2D eigenvalue weighted by Crippen LogP contribution is -2.52. The highest BCUT2D eigenvalue weighted by Crippen LogP contribution is 2.33. The van der Waals surface area contributed by atoms with Crippen LogP contribution < -0.4 is 5.73 Å². The van der Waals surface area contributed by atoms with Crippen LogP contribution in [-0.2, 0) is 11.3 Å². The van der Waals surface area contributed by atoms with Gasteiger partial charge in [0.2, 0.25) is 5.91 Å². The molecule has 2 N–H and O–H groups in total. The summed E-state index contributed by atoms with van der Waals surface area (Å²) in [5.41, 5.74) is 7.25. The Hall–Kier alpha value is -1.39. The van der Waals surface area contributed by atoms with Crippen molar-refractivity contribution < 1.29 is 4.79 Å². The standard InChI is InChI=1S/C18H24N2OS/c1-18(19)10-6-5-8-15(18)17(21)20(2)11-13-12-22-16-9-4-3-7-14(13)16/h3-4,7,9,12,15H,5-6,8,10-11,19H2,1-2H3. The van der Waals surface area contributed by atoms with Crippen LogP contribution in [0.25, 0.3) is 10.1 Å². The number of amides is 1. The molecule has 2 aromatic rings. The summed E-state index contributed by atoms with van der Waals surface area (Å²) in [4.78, 5) is 14.7. The van der Waals surface area contributed by atoms with E-state index in [-0.39, 0.29) is 17.4 Å². The minimum absolute atomic E-state index is 0.0452. The Morgan fingerprint density at radius 2 is 2.18 bits per heavy atom. The van der Waals surface area contributed by atoms with Crippen molar-refractivity contribution in [3.05, 3.63) is 35.2 Å². The van der Waals surface area contributed by atoms with Crippen LogP contribution in [0, 0.1) is 5.92 Å². The Morgan fingerprint density at radius 3 is 2.95 bits per heavy atom. The number of carbonyl (C=O) groups excluding carboxylic acids is 1. The van der Waals surface area contributed by atoms with E-state index in [1.54, 1.807) is 11.3 Å². The van der Waals surface area contributed by atoms with Crippen LogP contribution in [0.2, 0.25) is 0 Å². The Bertz CT molecular complexity index is 677. The van der Waals surface area contributed by atoms with Gasteiger partial charge >= 0.3 is 0 Å². The summed E-state index contributed by atoms with van der Waals surface area (Å²) >= 11 is 1.74. The Morgan fingerprint density at radius 1 is 1.41 bits per heavy atom. The van der Waals surface area contributed by atoms with Crippen LogP contribution in [0.5, 0.6) is 0 Å². The first kappa shape index (κ1) is 15.5. The molecule has 1 aromatic heterocycles.